The summed E-state index contributed by atoms with van der Waals surface area (Å²) in [6.45, 7) is 15.4. The monoisotopic (exact) mass is 270 g/mol. The quantitative estimate of drug-likeness (QED) is 0.455. The Morgan fingerprint density at radius 1 is 0.579 bits per heavy atom. The van der Waals surface area contributed by atoms with Crippen LogP contribution in [0.1, 0.15) is 83.7 Å². The van der Waals surface area contributed by atoms with Gasteiger partial charge in [-0.05, 0) is 16.4 Å². The molecule has 1 aromatic carbocycles. The largest absolute Gasteiger partial charge is 0.0776 e. The Balaban J connectivity index is -0.0000000652. The molecule has 0 aromatic heterocycles. The van der Waals surface area contributed by atoms with Crippen LogP contribution in [0.5, 0.6) is 0 Å². The highest BCUT2D eigenvalue weighted by Crippen LogP contribution is 2.20. The molecule has 0 aliphatic carbocycles. The van der Waals surface area contributed by atoms with Crippen LogP contribution in [0.3, 0.4) is 0 Å². The van der Waals surface area contributed by atoms with E-state index in [2.05, 4.69) is 78.8 Å². The van der Waals surface area contributed by atoms with Gasteiger partial charge >= 0.3 is 0 Å². The Morgan fingerprint density at radius 3 is 1.00 bits per heavy atom. The smallest absolute Gasteiger partial charge is 0.0132 e. The van der Waals surface area contributed by atoms with E-state index in [-0.39, 0.29) is 29.7 Å². The first kappa shape index (κ1) is 30.9. The highest BCUT2D eigenvalue weighted by molar-refractivity contribution is 5.21. The number of rotatable bonds is 0. The second kappa shape index (κ2) is 12.3. The van der Waals surface area contributed by atoms with E-state index in [0.29, 0.717) is 10.8 Å². The van der Waals surface area contributed by atoms with Crippen LogP contribution in [0.15, 0.2) is 30.3 Å². The highest BCUT2D eigenvalue weighted by atomic mass is 14.2. The fourth-order valence-corrected chi connectivity index (χ4v) is 0.938. The fourth-order valence-electron chi connectivity index (χ4n) is 0.938. The molecule has 1 rings (SSSR count). The zero-order valence-corrected chi connectivity index (χ0v) is 11.4. The van der Waals surface area contributed by atoms with Gasteiger partial charge in [0.1, 0.15) is 0 Å². The first-order chi connectivity index (χ1) is 6.61. The normalized spacial score (nSPS) is 9.21. The maximum atomic E-state index is 2.22. The lowest BCUT2D eigenvalue weighted by atomic mass is 9.87. The van der Waals surface area contributed by atoms with Gasteiger partial charge in [-0.3, -0.25) is 0 Å². The molecule has 0 bridgehead atoms. The van der Waals surface area contributed by atoms with Gasteiger partial charge in [0.05, 0.1) is 0 Å². The third-order valence-corrected chi connectivity index (χ3v) is 1.64. The van der Waals surface area contributed by atoms with Crippen molar-refractivity contribution >= 4 is 0 Å². The van der Waals surface area contributed by atoms with Crippen LogP contribution < -0.4 is 0 Å². The summed E-state index contributed by atoms with van der Waals surface area (Å²) in [5.41, 5.74) is 2.19. The van der Waals surface area contributed by atoms with Crippen LogP contribution in [0, 0.1) is 5.41 Å². The molecule has 0 aliphatic heterocycles. The van der Waals surface area contributed by atoms with Gasteiger partial charge in [0, 0.05) is 0 Å². The van der Waals surface area contributed by atoms with Crippen LogP contribution in [0.2, 0.25) is 0 Å². The van der Waals surface area contributed by atoms with E-state index >= 15 is 0 Å². The Labute approximate surface area is 125 Å². The topological polar surface area (TPSA) is 0 Å². The van der Waals surface area contributed by atoms with Crippen LogP contribution >= 0.6 is 0 Å². The van der Waals surface area contributed by atoms with Crippen molar-refractivity contribution in [2.75, 3.05) is 0 Å². The molecule has 0 saturated carbocycles. The van der Waals surface area contributed by atoms with Crippen molar-refractivity contribution in [1.29, 1.82) is 0 Å². The lowest BCUT2D eigenvalue weighted by Crippen LogP contribution is -2.10. The van der Waals surface area contributed by atoms with E-state index in [0.717, 1.165) is 0 Å². The SMILES string of the molecule is C.C.C.C.CC(C)(C)C.CC(C)(C)c1ccccc1. The minimum atomic E-state index is 0. The summed E-state index contributed by atoms with van der Waals surface area (Å²) in [5.74, 6) is 0. The predicted octanol–water partition coefficient (Wildman–Crippen LogP) is 7.58. The van der Waals surface area contributed by atoms with Crippen molar-refractivity contribution in [1.82, 2.24) is 0 Å². The zero-order valence-electron chi connectivity index (χ0n) is 11.4. The molecule has 0 spiro atoms. The molecule has 0 saturated heterocycles. The van der Waals surface area contributed by atoms with Gasteiger partial charge in [-0.2, -0.15) is 0 Å². The summed E-state index contributed by atoms with van der Waals surface area (Å²) in [4.78, 5) is 0. The molecule has 1 aromatic rings. The lowest BCUT2D eigenvalue weighted by Gasteiger charge is -2.18. The molecule has 118 valence electrons. The number of hydrogen-bond donors (Lipinski definition) is 0. The van der Waals surface area contributed by atoms with Crippen LogP contribution in [-0.2, 0) is 5.41 Å². The van der Waals surface area contributed by atoms with E-state index in [1.165, 1.54) is 5.56 Å². The second-order valence-corrected chi connectivity index (χ2v) is 6.62. The summed E-state index contributed by atoms with van der Waals surface area (Å²) in [7, 11) is 0. The third kappa shape index (κ3) is 22.8. The molecular weight excluding hydrogens is 228 g/mol. The first-order valence-corrected chi connectivity index (χ1v) is 5.66. The molecule has 0 radical (unpaired) electrons. The predicted molar refractivity (Wildman–Crippen MR) is 97.2 cm³/mol. The van der Waals surface area contributed by atoms with Crippen molar-refractivity contribution in [2.45, 2.75) is 83.6 Å². The van der Waals surface area contributed by atoms with Gasteiger partial charge in [0.15, 0.2) is 0 Å². The zero-order chi connectivity index (χ0) is 12.1. The molecule has 0 unspecified atom stereocenters. The molecule has 0 fully saturated rings. The average Bonchev–Trinajstić information content (AvgIpc) is 2.01. The summed E-state index contributed by atoms with van der Waals surface area (Å²) >= 11 is 0. The van der Waals surface area contributed by atoms with E-state index in [9.17, 15) is 0 Å². The standard InChI is InChI=1S/C10H14.C5H12.4CH4/c1-10(2,3)9-7-5-4-6-8-9;1-5(2,3)4;;;;/h4-8H,1-3H3;1-4H3;4*1H4. The van der Waals surface area contributed by atoms with Gasteiger partial charge in [0.25, 0.3) is 0 Å². The molecule has 0 atom stereocenters. The summed E-state index contributed by atoms with van der Waals surface area (Å²) < 4.78 is 0. The van der Waals surface area contributed by atoms with E-state index < -0.39 is 0 Å². The van der Waals surface area contributed by atoms with Gasteiger partial charge < -0.3 is 0 Å². The van der Waals surface area contributed by atoms with E-state index in [1.807, 2.05) is 0 Å². The highest BCUT2D eigenvalue weighted by Gasteiger charge is 2.11. The van der Waals surface area contributed by atoms with Gasteiger partial charge in [-0.15, -0.1) is 0 Å². The van der Waals surface area contributed by atoms with Crippen LogP contribution in [0.25, 0.3) is 0 Å². The van der Waals surface area contributed by atoms with Crippen molar-refractivity contribution in [2.24, 2.45) is 5.41 Å². The van der Waals surface area contributed by atoms with Crippen molar-refractivity contribution < 1.29 is 0 Å². The van der Waals surface area contributed by atoms with E-state index in [4.69, 9.17) is 0 Å². The van der Waals surface area contributed by atoms with Gasteiger partial charge in [-0.25, -0.2) is 0 Å². The van der Waals surface area contributed by atoms with Gasteiger partial charge in [-0.1, -0.05) is 109 Å². The minimum Gasteiger partial charge on any atom is -0.0776 e. The fraction of sp³-hybridized carbons (Fsp3) is 0.684. The Morgan fingerprint density at radius 2 is 0.842 bits per heavy atom. The molecule has 0 amide bonds. The molecule has 0 aliphatic rings. The summed E-state index contributed by atoms with van der Waals surface area (Å²) in [6.07, 6.45) is 0. The van der Waals surface area contributed by atoms with E-state index in [1.54, 1.807) is 0 Å². The number of hydrogen-bond acceptors (Lipinski definition) is 0. The second-order valence-electron chi connectivity index (χ2n) is 6.62. The first-order valence-electron chi connectivity index (χ1n) is 5.66. The van der Waals surface area contributed by atoms with Crippen LogP contribution in [0.4, 0.5) is 0 Å². The van der Waals surface area contributed by atoms with Crippen molar-refractivity contribution in [3.63, 3.8) is 0 Å². The number of benzene rings is 1. The maximum absolute atomic E-state index is 2.22. The van der Waals surface area contributed by atoms with Crippen molar-refractivity contribution in [3.8, 4) is 0 Å². The molecule has 0 heterocycles. The average molecular weight is 271 g/mol. The molecule has 0 N–H and O–H groups in total. The molecule has 19 heavy (non-hydrogen) atoms. The molecular formula is C19H42. The lowest BCUT2D eigenvalue weighted by molar-refractivity contribution is 0.469. The van der Waals surface area contributed by atoms with Crippen LogP contribution in [-0.4, -0.2) is 0 Å². The summed E-state index contributed by atoms with van der Waals surface area (Å²) in [5, 5.41) is 0. The van der Waals surface area contributed by atoms with Crippen molar-refractivity contribution in [3.05, 3.63) is 35.9 Å². The molecule has 0 nitrogen and oxygen atoms in total. The Bertz CT molecular complexity index is 250. The minimum absolute atomic E-state index is 0. The Kier molecular flexibility index (Phi) is 20.0. The van der Waals surface area contributed by atoms with Gasteiger partial charge in [0.2, 0.25) is 0 Å². The third-order valence-electron chi connectivity index (χ3n) is 1.64. The summed E-state index contributed by atoms with van der Waals surface area (Å²) in [6, 6.07) is 10.6. The Hall–Kier alpha value is -0.780. The maximum Gasteiger partial charge on any atom is -0.0132 e. The molecule has 0 heteroatoms.